The van der Waals surface area contributed by atoms with E-state index in [1.54, 1.807) is 13.2 Å². The van der Waals surface area contributed by atoms with Gasteiger partial charge in [0.15, 0.2) is 0 Å². The van der Waals surface area contributed by atoms with Gasteiger partial charge in [-0.25, -0.2) is 8.42 Å². The largest absolute Gasteiger partial charge is 0.497 e. The third kappa shape index (κ3) is 10.9. The SMILES string of the molecule is CCS(=O)(=O)Nc1cc(C(=O)N[C@@H](Cc2ccccc2)[C@H](O)CN[C@H](C)c2ccc(C)cc2)cc(C(=O)N[C@H](C)c2cccc(OC)c2)c1. The molecule has 0 spiro atoms. The van der Waals surface area contributed by atoms with Gasteiger partial charge in [-0.1, -0.05) is 72.3 Å². The molecule has 0 unspecified atom stereocenters. The number of aliphatic hydroxyl groups is 1. The molecular formula is C38H46N4O6S. The van der Waals surface area contributed by atoms with E-state index in [0.29, 0.717) is 12.2 Å². The van der Waals surface area contributed by atoms with Crippen LogP contribution in [0.5, 0.6) is 5.75 Å². The van der Waals surface area contributed by atoms with Crippen LogP contribution in [-0.4, -0.2) is 56.9 Å². The summed E-state index contributed by atoms with van der Waals surface area (Å²) in [6.45, 7) is 7.53. The van der Waals surface area contributed by atoms with Crippen LogP contribution in [0.15, 0.2) is 97.1 Å². The molecule has 4 rings (SSSR count). The Balaban J connectivity index is 1.58. The second-order valence-corrected chi connectivity index (χ2v) is 14.2. The minimum absolute atomic E-state index is 0.0490. The van der Waals surface area contributed by atoms with Crippen LogP contribution in [0.1, 0.15) is 75.8 Å². The van der Waals surface area contributed by atoms with E-state index in [1.807, 2.05) is 93.6 Å². The molecule has 4 atom stereocenters. The molecule has 0 saturated heterocycles. The maximum atomic E-state index is 13.9. The van der Waals surface area contributed by atoms with E-state index >= 15 is 0 Å². The van der Waals surface area contributed by atoms with Gasteiger partial charge in [-0.15, -0.1) is 0 Å². The van der Waals surface area contributed by atoms with Crippen molar-refractivity contribution in [3.63, 3.8) is 0 Å². The molecule has 10 nitrogen and oxygen atoms in total. The number of amides is 2. The Bertz CT molecular complexity index is 1820. The summed E-state index contributed by atoms with van der Waals surface area (Å²) in [5.74, 6) is -0.631. The fourth-order valence-corrected chi connectivity index (χ4v) is 5.91. The first kappa shape index (κ1) is 37.1. The van der Waals surface area contributed by atoms with E-state index in [9.17, 15) is 23.1 Å². The lowest BCUT2D eigenvalue weighted by Gasteiger charge is -2.26. The molecule has 0 aromatic heterocycles. The quantitative estimate of drug-likeness (QED) is 0.107. The Hall–Kier alpha value is -4.71. The lowest BCUT2D eigenvalue weighted by atomic mass is 9.99. The molecule has 5 N–H and O–H groups in total. The highest BCUT2D eigenvalue weighted by Crippen LogP contribution is 2.22. The van der Waals surface area contributed by atoms with Crippen molar-refractivity contribution < 1.29 is 27.9 Å². The number of carbonyl (C=O) groups excluding carboxylic acids is 2. The Kier molecular flexibility index (Phi) is 13.0. The molecule has 0 aliphatic carbocycles. The van der Waals surface area contributed by atoms with Crippen LogP contribution in [0.3, 0.4) is 0 Å². The Morgan fingerprint density at radius 3 is 2.08 bits per heavy atom. The molecular weight excluding hydrogens is 641 g/mol. The van der Waals surface area contributed by atoms with Crippen molar-refractivity contribution in [2.24, 2.45) is 0 Å². The van der Waals surface area contributed by atoms with Gasteiger partial charge in [0.05, 0.1) is 36.7 Å². The molecule has 4 aromatic rings. The van der Waals surface area contributed by atoms with Crippen molar-refractivity contribution in [1.82, 2.24) is 16.0 Å². The normalized spacial score (nSPS) is 13.8. The highest BCUT2D eigenvalue weighted by Gasteiger charge is 2.25. The number of ether oxygens (including phenoxy) is 1. The van der Waals surface area contributed by atoms with Gasteiger partial charge in [-0.05, 0) is 81.1 Å². The summed E-state index contributed by atoms with van der Waals surface area (Å²) in [6.07, 6.45) is -0.646. The Morgan fingerprint density at radius 1 is 0.796 bits per heavy atom. The zero-order valence-corrected chi connectivity index (χ0v) is 29.4. The van der Waals surface area contributed by atoms with Crippen LogP contribution in [0.4, 0.5) is 5.69 Å². The molecule has 4 aromatic carbocycles. The minimum atomic E-state index is -3.72. The first-order chi connectivity index (χ1) is 23.4. The predicted octanol–water partition coefficient (Wildman–Crippen LogP) is 5.31. The number of aliphatic hydroxyl groups excluding tert-OH is 1. The third-order valence-corrected chi connectivity index (χ3v) is 9.65. The number of hydrogen-bond donors (Lipinski definition) is 5. The van der Waals surface area contributed by atoms with Gasteiger partial charge < -0.3 is 25.8 Å². The summed E-state index contributed by atoms with van der Waals surface area (Å²) in [7, 11) is -2.17. The summed E-state index contributed by atoms with van der Waals surface area (Å²) in [5, 5.41) is 20.6. The van der Waals surface area contributed by atoms with E-state index in [0.717, 1.165) is 22.3 Å². The number of benzene rings is 4. The fraction of sp³-hybridized carbons (Fsp3) is 0.316. The molecule has 0 saturated carbocycles. The number of carbonyl (C=O) groups is 2. The van der Waals surface area contributed by atoms with Gasteiger partial charge in [0.25, 0.3) is 11.8 Å². The molecule has 0 fully saturated rings. The molecule has 11 heteroatoms. The van der Waals surface area contributed by atoms with E-state index in [4.69, 9.17) is 4.74 Å². The fourth-order valence-electron chi connectivity index (χ4n) is 5.29. The number of sulfonamides is 1. The third-order valence-electron chi connectivity index (χ3n) is 8.34. The molecule has 0 aliphatic rings. The van der Waals surface area contributed by atoms with Crippen molar-refractivity contribution in [2.45, 2.75) is 58.3 Å². The van der Waals surface area contributed by atoms with Crippen molar-refractivity contribution in [1.29, 1.82) is 0 Å². The first-order valence-electron chi connectivity index (χ1n) is 16.3. The van der Waals surface area contributed by atoms with Gasteiger partial charge in [0, 0.05) is 23.7 Å². The number of nitrogens with one attached hydrogen (secondary N) is 4. The summed E-state index contributed by atoms with van der Waals surface area (Å²) >= 11 is 0. The van der Waals surface area contributed by atoms with Crippen molar-refractivity contribution in [3.05, 3.63) is 130 Å². The van der Waals surface area contributed by atoms with Gasteiger partial charge in [-0.3, -0.25) is 14.3 Å². The standard InChI is InChI=1S/C38H46N4O6S/c1-6-49(46,47)42-33-21-31(37(44)40-27(4)30-13-10-14-34(23-30)48-5)20-32(22-33)38(45)41-35(19-28-11-8-7-9-12-28)36(43)24-39-26(3)29-17-15-25(2)16-18-29/h7-18,20-23,26-27,35-36,39,42-43H,6,19,24H2,1-5H3,(H,40,44)(H,41,45)/t26-,27-,35+,36-/m1/s1. The molecule has 0 heterocycles. The van der Waals surface area contributed by atoms with Crippen LogP contribution < -0.4 is 25.4 Å². The summed E-state index contributed by atoms with van der Waals surface area (Å²) < 4.78 is 32.8. The van der Waals surface area contributed by atoms with Gasteiger partial charge in [0.2, 0.25) is 10.0 Å². The van der Waals surface area contributed by atoms with E-state index in [-0.39, 0.29) is 35.2 Å². The Labute approximate surface area is 289 Å². The number of rotatable bonds is 16. The molecule has 49 heavy (non-hydrogen) atoms. The van der Waals surface area contributed by atoms with E-state index < -0.39 is 40.0 Å². The number of aryl methyl sites for hydroxylation is 1. The maximum absolute atomic E-state index is 13.9. The number of hydrogen-bond acceptors (Lipinski definition) is 7. The van der Waals surface area contributed by atoms with Gasteiger partial charge in [-0.2, -0.15) is 0 Å². The molecule has 0 radical (unpaired) electrons. The topological polar surface area (TPSA) is 146 Å². The highest BCUT2D eigenvalue weighted by molar-refractivity contribution is 7.92. The second kappa shape index (κ2) is 17.1. The van der Waals surface area contributed by atoms with Gasteiger partial charge in [0.1, 0.15) is 5.75 Å². The number of anilines is 1. The average Bonchev–Trinajstić information content (AvgIpc) is 3.10. The smallest absolute Gasteiger partial charge is 0.251 e. The van der Waals surface area contributed by atoms with E-state index in [1.165, 1.54) is 25.1 Å². The average molecular weight is 687 g/mol. The second-order valence-electron chi connectivity index (χ2n) is 12.2. The van der Waals surface area contributed by atoms with Crippen LogP contribution in [0.2, 0.25) is 0 Å². The lowest BCUT2D eigenvalue weighted by Crippen LogP contribution is -2.49. The van der Waals surface area contributed by atoms with Crippen LogP contribution in [0.25, 0.3) is 0 Å². The van der Waals surface area contributed by atoms with Crippen LogP contribution in [0, 0.1) is 6.92 Å². The van der Waals surface area contributed by atoms with Crippen molar-refractivity contribution >= 4 is 27.5 Å². The van der Waals surface area contributed by atoms with Gasteiger partial charge >= 0.3 is 0 Å². The lowest BCUT2D eigenvalue weighted by molar-refractivity contribution is 0.0825. The first-order valence-corrected chi connectivity index (χ1v) is 18.0. The zero-order chi connectivity index (χ0) is 35.6. The van der Waals surface area contributed by atoms with Crippen LogP contribution >= 0.6 is 0 Å². The summed E-state index contributed by atoms with van der Waals surface area (Å²) in [5.41, 5.74) is 4.15. The maximum Gasteiger partial charge on any atom is 0.251 e. The Morgan fingerprint density at radius 2 is 1.45 bits per heavy atom. The van der Waals surface area contributed by atoms with Crippen molar-refractivity contribution in [2.75, 3.05) is 24.1 Å². The monoisotopic (exact) mass is 686 g/mol. The number of methoxy groups -OCH3 is 1. The molecule has 0 bridgehead atoms. The van der Waals surface area contributed by atoms with Crippen molar-refractivity contribution in [3.8, 4) is 5.75 Å². The summed E-state index contributed by atoms with van der Waals surface area (Å²) in [4.78, 5) is 27.4. The molecule has 0 aliphatic heterocycles. The highest BCUT2D eigenvalue weighted by atomic mass is 32.2. The van der Waals surface area contributed by atoms with E-state index in [2.05, 4.69) is 20.7 Å². The predicted molar refractivity (Wildman–Crippen MR) is 193 cm³/mol. The molecule has 260 valence electrons. The summed E-state index contributed by atoms with van der Waals surface area (Å²) in [6, 6.07) is 27.9. The van der Waals surface area contributed by atoms with Crippen LogP contribution in [-0.2, 0) is 16.4 Å². The molecule has 2 amide bonds. The minimum Gasteiger partial charge on any atom is -0.497 e. The zero-order valence-electron chi connectivity index (χ0n) is 28.6.